The van der Waals surface area contributed by atoms with Gasteiger partial charge in [0.25, 0.3) is 0 Å². The molecule has 0 spiro atoms. The Hall–Kier alpha value is -0.630. The van der Waals surface area contributed by atoms with Crippen LogP contribution in [0.5, 0.6) is 0 Å². The van der Waals surface area contributed by atoms with Gasteiger partial charge in [0.1, 0.15) is 5.54 Å². The molecular formula is C13H23N3O. The Morgan fingerprint density at radius 1 is 1.53 bits per heavy atom. The van der Waals surface area contributed by atoms with Gasteiger partial charge in [-0.15, -0.1) is 0 Å². The van der Waals surface area contributed by atoms with E-state index in [0.717, 1.165) is 26.3 Å². The minimum atomic E-state index is -0.366. The highest BCUT2D eigenvalue weighted by Gasteiger charge is 2.47. The van der Waals surface area contributed by atoms with E-state index in [0.29, 0.717) is 5.92 Å². The Labute approximate surface area is 104 Å². The van der Waals surface area contributed by atoms with Crippen LogP contribution in [-0.4, -0.2) is 49.3 Å². The van der Waals surface area contributed by atoms with Gasteiger partial charge in [-0.25, -0.2) is 0 Å². The van der Waals surface area contributed by atoms with Crippen LogP contribution in [0.3, 0.4) is 0 Å². The zero-order valence-corrected chi connectivity index (χ0v) is 11.1. The van der Waals surface area contributed by atoms with E-state index in [-0.39, 0.29) is 11.1 Å². The number of hydrogen-bond donors (Lipinski definition) is 1. The van der Waals surface area contributed by atoms with E-state index in [4.69, 9.17) is 4.74 Å². The second-order valence-corrected chi connectivity index (χ2v) is 5.89. The lowest BCUT2D eigenvalue weighted by atomic mass is 9.91. The molecule has 0 amide bonds. The van der Waals surface area contributed by atoms with E-state index >= 15 is 0 Å². The van der Waals surface area contributed by atoms with Crippen molar-refractivity contribution in [1.29, 1.82) is 5.26 Å². The molecule has 1 atom stereocenters. The Morgan fingerprint density at radius 3 is 2.71 bits per heavy atom. The Balaban J connectivity index is 2.09. The highest BCUT2D eigenvalue weighted by molar-refractivity contribution is 5.17. The third kappa shape index (κ3) is 2.47. The average molecular weight is 237 g/mol. The first-order valence-corrected chi connectivity index (χ1v) is 6.47. The Morgan fingerprint density at radius 2 is 2.24 bits per heavy atom. The summed E-state index contributed by atoms with van der Waals surface area (Å²) in [4.78, 5) is 2.40. The minimum Gasteiger partial charge on any atom is -0.378 e. The summed E-state index contributed by atoms with van der Waals surface area (Å²) < 4.78 is 5.53. The largest absolute Gasteiger partial charge is 0.378 e. The molecule has 1 N–H and O–H groups in total. The predicted molar refractivity (Wildman–Crippen MR) is 66.6 cm³/mol. The summed E-state index contributed by atoms with van der Waals surface area (Å²) in [7, 11) is 1.91. The minimum absolute atomic E-state index is 0.0338. The van der Waals surface area contributed by atoms with Crippen LogP contribution < -0.4 is 5.32 Å². The predicted octanol–water partition coefficient (Wildman–Crippen LogP) is 0.989. The van der Waals surface area contributed by atoms with Crippen molar-refractivity contribution >= 4 is 0 Å². The van der Waals surface area contributed by atoms with Gasteiger partial charge in [-0.2, -0.15) is 5.26 Å². The molecule has 2 fully saturated rings. The number of nitrogens with zero attached hydrogens (tertiary/aromatic N) is 2. The van der Waals surface area contributed by atoms with Crippen LogP contribution in [0.15, 0.2) is 0 Å². The van der Waals surface area contributed by atoms with Crippen LogP contribution in [0.2, 0.25) is 0 Å². The molecule has 1 aliphatic heterocycles. The fourth-order valence-electron chi connectivity index (χ4n) is 2.66. The Kier molecular flexibility index (Phi) is 3.44. The normalized spacial score (nSPS) is 28.4. The average Bonchev–Trinajstić information content (AvgIpc) is 3.12. The van der Waals surface area contributed by atoms with E-state index in [1.54, 1.807) is 0 Å². The van der Waals surface area contributed by atoms with Gasteiger partial charge >= 0.3 is 0 Å². The number of ether oxygens (including phenoxy) is 1. The van der Waals surface area contributed by atoms with Crippen molar-refractivity contribution in [3.63, 3.8) is 0 Å². The highest BCUT2D eigenvalue weighted by atomic mass is 16.5. The number of likely N-dealkylation sites (N-methyl/N-ethyl adjacent to an activating group) is 1. The second-order valence-electron chi connectivity index (χ2n) is 5.89. The summed E-state index contributed by atoms with van der Waals surface area (Å²) in [5.41, 5.74) is -0.333. The first-order valence-electron chi connectivity index (χ1n) is 6.47. The zero-order chi connectivity index (χ0) is 12.5. The molecular weight excluding hydrogens is 214 g/mol. The summed E-state index contributed by atoms with van der Waals surface area (Å²) in [6, 6.07) is 2.52. The molecule has 0 aromatic rings. The summed E-state index contributed by atoms with van der Waals surface area (Å²) in [6.07, 6.45) is 2.36. The van der Waals surface area contributed by atoms with Gasteiger partial charge in [0.15, 0.2) is 0 Å². The molecule has 96 valence electrons. The first-order chi connectivity index (χ1) is 8.04. The van der Waals surface area contributed by atoms with E-state index < -0.39 is 0 Å². The van der Waals surface area contributed by atoms with Crippen molar-refractivity contribution in [2.24, 2.45) is 5.92 Å². The fraction of sp³-hybridized carbons (Fsp3) is 0.923. The molecule has 2 rings (SSSR count). The van der Waals surface area contributed by atoms with Crippen LogP contribution in [-0.2, 0) is 4.74 Å². The third-order valence-corrected chi connectivity index (χ3v) is 4.18. The van der Waals surface area contributed by atoms with Gasteiger partial charge < -0.3 is 10.1 Å². The summed E-state index contributed by atoms with van der Waals surface area (Å²) in [6.45, 7) is 7.64. The lowest BCUT2D eigenvalue weighted by Crippen LogP contribution is -2.61. The van der Waals surface area contributed by atoms with Gasteiger partial charge in [-0.1, -0.05) is 0 Å². The molecule has 1 saturated carbocycles. The number of morpholine rings is 1. The molecule has 0 aromatic heterocycles. The van der Waals surface area contributed by atoms with Gasteiger partial charge in [-0.3, -0.25) is 4.90 Å². The van der Waals surface area contributed by atoms with Crippen molar-refractivity contribution < 1.29 is 4.74 Å². The molecule has 1 aliphatic carbocycles. The molecule has 0 bridgehead atoms. The number of nitrogens with one attached hydrogen (secondary N) is 1. The van der Waals surface area contributed by atoms with Crippen molar-refractivity contribution in [3.05, 3.63) is 0 Å². The first kappa shape index (κ1) is 12.8. The summed E-state index contributed by atoms with van der Waals surface area (Å²) in [5, 5.41) is 12.8. The SMILES string of the molecule is CNC(C#N)(CN1CCOCC1(C)C)C1CC1. The van der Waals surface area contributed by atoms with E-state index in [2.05, 4.69) is 30.1 Å². The molecule has 4 nitrogen and oxygen atoms in total. The fourth-order valence-corrected chi connectivity index (χ4v) is 2.66. The zero-order valence-electron chi connectivity index (χ0n) is 11.1. The molecule has 4 heteroatoms. The summed E-state index contributed by atoms with van der Waals surface area (Å²) >= 11 is 0. The van der Waals surface area contributed by atoms with Crippen LogP contribution in [0.1, 0.15) is 26.7 Å². The van der Waals surface area contributed by atoms with Crippen molar-refractivity contribution in [2.75, 3.05) is 33.4 Å². The molecule has 2 aliphatic rings. The topological polar surface area (TPSA) is 48.3 Å². The summed E-state index contributed by atoms with van der Waals surface area (Å²) in [5.74, 6) is 0.524. The van der Waals surface area contributed by atoms with Gasteiger partial charge in [0, 0.05) is 18.6 Å². The van der Waals surface area contributed by atoms with Gasteiger partial charge in [0.05, 0.1) is 19.3 Å². The molecule has 17 heavy (non-hydrogen) atoms. The van der Waals surface area contributed by atoms with Crippen LogP contribution in [0, 0.1) is 17.2 Å². The Bertz CT molecular complexity index is 319. The number of hydrogen-bond acceptors (Lipinski definition) is 4. The smallest absolute Gasteiger partial charge is 0.122 e. The maximum absolute atomic E-state index is 9.52. The molecule has 0 radical (unpaired) electrons. The van der Waals surface area contributed by atoms with Crippen LogP contribution >= 0.6 is 0 Å². The monoisotopic (exact) mass is 237 g/mol. The van der Waals surface area contributed by atoms with Crippen molar-refractivity contribution in [2.45, 2.75) is 37.8 Å². The number of nitriles is 1. The molecule has 0 aromatic carbocycles. The van der Waals surface area contributed by atoms with Gasteiger partial charge in [0.2, 0.25) is 0 Å². The van der Waals surface area contributed by atoms with Crippen LogP contribution in [0.25, 0.3) is 0 Å². The van der Waals surface area contributed by atoms with Crippen LogP contribution in [0.4, 0.5) is 0 Å². The highest BCUT2D eigenvalue weighted by Crippen LogP contribution is 2.40. The van der Waals surface area contributed by atoms with E-state index in [1.165, 1.54) is 12.8 Å². The molecule has 1 saturated heterocycles. The maximum atomic E-state index is 9.52. The number of rotatable bonds is 4. The quantitative estimate of drug-likeness (QED) is 0.792. The van der Waals surface area contributed by atoms with E-state index in [1.807, 2.05) is 7.05 Å². The second kappa shape index (κ2) is 4.56. The van der Waals surface area contributed by atoms with E-state index in [9.17, 15) is 5.26 Å². The third-order valence-electron chi connectivity index (χ3n) is 4.18. The standard InChI is InChI=1S/C13H23N3O/c1-12(2)10-17-7-6-16(12)9-13(8-14,15-3)11-4-5-11/h11,15H,4-7,9-10H2,1-3H3. The lowest BCUT2D eigenvalue weighted by Gasteiger charge is -2.45. The van der Waals surface area contributed by atoms with Crippen molar-refractivity contribution in [1.82, 2.24) is 10.2 Å². The van der Waals surface area contributed by atoms with Crippen molar-refractivity contribution in [3.8, 4) is 6.07 Å². The van der Waals surface area contributed by atoms with Gasteiger partial charge in [-0.05, 0) is 39.7 Å². The maximum Gasteiger partial charge on any atom is 0.122 e. The molecule has 1 heterocycles. The molecule has 1 unspecified atom stereocenters. The lowest BCUT2D eigenvalue weighted by molar-refractivity contribution is -0.0593.